The van der Waals surface area contributed by atoms with Crippen molar-refractivity contribution >= 4 is 63.8 Å². The van der Waals surface area contributed by atoms with Crippen molar-refractivity contribution in [2.45, 2.75) is 19.3 Å². The molecule has 1 heterocycles. The molecule has 0 nitrogen and oxygen atoms in total. The molecule has 0 spiro atoms. The van der Waals surface area contributed by atoms with Gasteiger partial charge < -0.3 is 0 Å². The second kappa shape index (κ2) is 11.0. The van der Waals surface area contributed by atoms with Gasteiger partial charge in [0, 0.05) is 25.6 Å². The van der Waals surface area contributed by atoms with Crippen LogP contribution in [0.25, 0.3) is 97.0 Å². The summed E-state index contributed by atoms with van der Waals surface area (Å²) in [6.07, 6.45) is 0. The van der Waals surface area contributed by atoms with Crippen LogP contribution in [0.1, 0.15) is 25.0 Å². The van der Waals surface area contributed by atoms with Gasteiger partial charge in [-0.1, -0.05) is 172 Å². The molecule has 0 saturated heterocycles. The Bertz CT molecular complexity index is 3010. The van der Waals surface area contributed by atoms with Gasteiger partial charge in [0.15, 0.2) is 0 Å². The van der Waals surface area contributed by atoms with Crippen molar-refractivity contribution < 1.29 is 0 Å². The second-order valence-corrected chi connectivity index (χ2v) is 15.8. The Morgan fingerprint density at radius 2 is 0.942 bits per heavy atom. The van der Waals surface area contributed by atoms with Gasteiger partial charge in [0.1, 0.15) is 0 Å². The molecule has 1 aromatic heterocycles. The van der Waals surface area contributed by atoms with E-state index in [0.29, 0.717) is 0 Å². The van der Waals surface area contributed by atoms with Crippen LogP contribution in [0.5, 0.6) is 0 Å². The van der Waals surface area contributed by atoms with Crippen molar-refractivity contribution in [2.24, 2.45) is 0 Å². The Balaban J connectivity index is 1.05. The van der Waals surface area contributed by atoms with Crippen molar-refractivity contribution in [3.63, 3.8) is 0 Å². The fourth-order valence-corrected chi connectivity index (χ4v) is 10.4. The van der Waals surface area contributed by atoms with Crippen molar-refractivity contribution in [3.05, 3.63) is 181 Å². The van der Waals surface area contributed by atoms with Crippen molar-refractivity contribution in [1.82, 2.24) is 0 Å². The van der Waals surface area contributed by atoms with Gasteiger partial charge in [-0.3, -0.25) is 0 Å². The lowest BCUT2D eigenvalue weighted by Crippen LogP contribution is -2.14. The number of thiophene rings is 1. The number of hydrogen-bond donors (Lipinski definition) is 0. The van der Waals surface area contributed by atoms with E-state index in [1.165, 1.54) is 108 Å². The van der Waals surface area contributed by atoms with Crippen LogP contribution in [0.3, 0.4) is 0 Å². The van der Waals surface area contributed by atoms with E-state index in [1.807, 2.05) is 11.3 Å². The Hall–Kier alpha value is -6.02. The third-order valence-electron chi connectivity index (χ3n) is 11.7. The van der Waals surface area contributed by atoms with E-state index < -0.39 is 0 Å². The molecule has 1 aliphatic carbocycles. The molecule has 0 atom stereocenters. The minimum absolute atomic E-state index is 0.0990. The highest BCUT2D eigenvalue weighted by molar-refractivity contribution is 7.26. The van der Waals surface area contributed by atoms with E-state index in [1.54, 1.807) is 0 Å². The minimum atomic E-state index is -0.0990. The number of benzene rings is 9. The lowest BCUT2D eigenvalue weighted by molar-refractivity contribution is 0.661. The first-order valence-corrected chi connectivity index (χ1v) is 19.0. The average Bonchev–Trinajstić information content (AvgIpc) is 3.69. The first-order chi connectivity index (χ1) is 25.6. The molecule has 244 valence electrons. The van der Waals surface area contributed by atoms with Gasteiger partial charge in [-0.15, -0.1) is 11.3 Å². The Morgan fingerprint density at radius 1 is 0.385 bits per heavy atom. The minimum Gasteiger partial charge on any atom is -0.135 e. The number of hydrogen-bond acceptors (Lipinski definition) is 1. The highest BCUT2D eigenvalue weighted by Crippen LogP contribution is 2.55. The summed E-state index contributed by atoms with van der Waals surface area (Å²) in [5.74, 6) is 0. The summed E-state index contributed by atoms with van der Waals surface area (Å²) in [6.45, 7) is 4.80. The van der Waals surface area contributed by atoms with Crippen LogP contribution in [0.15, 0.2) is 170 Å². The zero-order valence-corrected chi connectivity index (χ0v) is 29.9. The predicted octanol–water partition coefficient (Wildman–Crippen LogP) is 14.8. The quantitative estimate of drug-likeness (QED) is 0.163. The highest BCUT2D eigenvalue weighted by atomic mass is 32.1. The zero-order chi connectivity index (χ0) is 34.6. The maximum Gasteiger partial charge on any atom is 0.0434 e. The molecular weight excluding hydrogens is 645 g/mol. The van der Waals surface area contributed by atoms with E-state index in [-0.39, 0.29) is 5.41 Å². The van der Waals surface area contributed by atoms with E-state index in [0.717, 1.165) is 0 Å². The predicted molar refractivity (Wildman–Crippen MR) is 226 cm³/mol. The molecule has 0 saturated carbocycles. The Kier molecular flexibility index (Phi) is 6.27. The third-order valence-corrected chi connectivity index (χ3v) is 12.9. The number of fused-ring (bicyclic) bond motifs is 11. The van der Waals surface area contributed by atoms with Crippen molar-refractivity contribution in [2.75, 3.05) is 0 Å². The summed E-state index contributed by atoms with van der Waals surface area (Å²) in [7, 11) is 0. The standard InChI is InChI=1S/C51H34S/c1-51(2)43-28-29-45-49(42-27-24-32-12-6-7-15-36(32)50(42)52-45)48(43)41-26-25-35(30-44(41)51)31-20-22-34(23-21-31)47-39-18-10-8-16-37(39)46(33-13-4-3-5-14-33)38-17-9-11-19-40(38)47/h3-30H,1-2H3. The number of rotatable bonds is 3. The monoisotopic (exact) mass is 678 g/mol. The Morgan fingerprint density at radius 3 is 1.62 bits per heavy atom. The molecular formula is C51H34S. The Labute approximate surface area is 307 Å². The van der Waals surface area contributed by atoms with E-state index >= 15 is 0 Å². The largest absolute Gasteiger partial charge is 0.135 e. The fourth-order valence-electron chi connectivity index (χ4n) is 9.18. The molecule has 0 amide bonds. The van der Waals surface area contributed by atoms with Crippen LogP contribution >= 0.6 is 11.3 Å². The van der Waals surface area contributed by atoms with E-state index in [4.69, 9.17) is 0 Å². The van der Waals surface area contributed by atoms with E-state index in [2.05, 4.69) is 184 Å². The van der Waals surface area contributed by atoms with Gasteiger partial charge in [-0.05, 0) is 100 Å². The summed E-state index contributed by atoms with van der Waals surface area (Å²) < 4.78 is 2.75. The van der Waals surface area contributed by atoms with Crippen LogP contribution in [0.2, 0.25) is 0 Å². The average molecular weight is 679 g/mol. The van der Waals surface area contributed by atoms with Gasteiger partial charge in [-0.25, -0.2) is 0 Å². The van der Waals surface area contributed by atoms with Crippen LogP contribution in [-0.4, -0.2) is 0 Å². The van der Waals surface area contributed by atoms with Gasteiger partial charge in [0.2, 0.25) is 0 Å². The summed E-state index contributed by atoms with van der Waals surface area (Å²) >= 11 is 1.93. The molecule has 9 aromatic carbocycles. The van der Waals surface area contributed by atoms with Crippen LogP contribution in [-0.2, 0) is 5.41 Å². The third kappa shape index (κ3) is 4.15. The van der Waals surface area contributed by atoms with Gasteiger partial charge in [-0.2, -0.15) is 0 Å². The molecule has 1 aliphatic rings. The molecule has 0 N–H and O–H groups in total. The molecule has 0 radical (unpaired) electrons. The van der Waals surface area contributed by atoms with Gasteiger partial charge in [0.05, 0.1) is 0 Å². The molecule has 52 heavy (non-hydrogen) atoms. The van der Waals surface area contributed by atoms with Crippen LogP contribution < -0.4 is 0 Å². The molecule has 1 heteroatoms. The first kappa shape index (κ1) is 29.7. The SMILES string of the molecule is CC1(C)c2cc(-c3ccc(-c4c5ccccc5c(-c5ccccc5)c5ccccc45)cc3)ccc2-c2c1ccc1sc3c4ccccc4ccc3c21. The second-order valence-electron chi connectivity index (χ2n) is 14.8. The summed E-state index contributed by atoms with van der Waals surface area (Å²) in [6, 6.07) is 63.3. The van der Waals surface area contributed by atoms with E-state index in [9.17, 15) is 0 Å². The molecule has 11 rings (SSSR count). The first-order valence-electron chi connectivity index (χ1n) is 18.2. The summed E-state index contributed by atoms with van der Waals surface area (Å²) in [5, 5.41) is 10.6. The lowest BCUT2D eigenvalue weighted by atomic mass is 9.81. The maximum atomic E-state index is 2.46. The van der Waals surface area contributed by atoms with Gasteiger partial charge in [0.25, 0.3) is 0 Å². The maximum absolute atomic E-state index is 2.46. The van der Waals surface area contributed by atoms with Crippen molar-refractivity contribution in [1.29, 1.82) is 0 Å². The molecule has 0 fully saturated rings. The normalized spacial score (nSPS) is 13.3. The molecule has 0 aliphatic heterocycles. The molecule has 0 unspecified atom stereocenters. The van der Waals surface area contributed by atoms with Crippen molar-refractivity contribution in [3.8, 4) is 44.5 Å². The van der Waals surface area contributed by atoms with Gasteiger partial charge >= 0.3 is 0 Å². The smallest absolute Gasteiger partial charge is 0.0434 e. The highest BCUT2D eigenvalue weighted by Gasteiger charge is 2.37. The molecule has 0 bridgehead atoms. The summed E-state index contributed by atoms with van der Waals surface area (Å²) in [4.78, 5) is 0. The fraction of sp³-hybridized carbons (Fsp3) is 0.0588. The van der Waals surface area contributed by atoms with Crippen LogP contribution in [0, 0.1) is 0 Å². The lowest BCUT2D eigenvalue weighted by Gasteiger charge is -2.22. The summed E-state index contributed by atoms with van der Waals surface area (Å²) in [5.41, 5.74) is 13.1. The molecule has 10 aromatic rings. The zero-order valence-electron chi connectivity index (χ0n) is 29.1. The topological polar surface area (TPSA) is 0 Å². The van der Waals surface area contributed by atoms with Crippen LogP contribution in [0.4, 0.5) is 0 Å².